The van der Waals surface area contributed by atoms with Gasteiger partial charge in [0, 0.05) is 23.3 Å². The number of hydrogen-bond donors (Lipinski definition) is 3. The lowest BCUT2D eigenvalue weighted by Gasteiger charge is -2.19. The largest absolute Gasteiger partial charge is 0.356 e. The summed E-state index contributed by atoms with van der Waals surface area (Å²) in [7, 11) is 0. The van der Waals surface area contributed by atoms with Crippen molar-refractivity contribution < 1.29 is 4.79 Å². The molecule has 0 radical (unpaired) electrons. The van der Waals surface area contributed by atoms with E-state index in [1.807, 2.05) is 35.8 Å². The highest BCUT2D eigenvalue weighted by molar-refractivity contribution is 6.01. The van der Waals surface area contributed by atoms with E-state index in [0.717, 1.165) is 36.3 Å². The minimum absolute atomic E-state index is 0.00529. The van der Waals surface area contributed by atoms with Crippen molar-refractivity contribution in [1.82, 2.24) is 19.9 Å². The van der Waals surface area contributed by atoms with Gasteiger partial charge in [0.05, 0.1) is 28.2 Å². The van der Waals surface area contributed by atoms with Crippen molar-refractivity contribution in [2.45, 2.75) is 57.7 Å². The number of aromatic amines is 1. The van der Waals surface area contributed by atoms with E-state index in [1.54, 1.807) is 0 Å². The van der Waals surface area contributed by atoms with Crippen LogP contribution in [0.1, 0.15) is 61.6 Å². The van der Waals surface area contributed by atoms with Crippen molar-refractivity contribution >= 4 is 22.8 Å². The number of anilines is 1. The van der Waals surface area contributed by atoms with Gasteiger partial charge in [-0.1, -0.05) is 12.1 Å². The molecule has 3 aromatic rings. The molecule has 30 heavy (non-hydrogen) atoms. The molecular formula is C23H25N5O2. The topological polar surface area (TPSA) is 91.8 Å². The number of carbonyl (C=O) groups is 1. The fourth-order valence-corrected chi connectivity index (χ4v) is 4.36. The molecule has 0 spiro atoms. The predicted molar refractivity (Wildman–Crippen MR) is 116 cm³/mol. The van der Waals surface area contributed by atoms with E-state index in [1.165, 1.54) is 12.8 Å². The standard InChI is InChI=1S/C23H25N5O2/c1-12-18-16(20(29)24-12)10-17(25-18)14-4-3-5-15-19(14)26-22(27-23(2)8-9-23)28(21(15)30)11-13-6-7-13/h3-5,10,12-13,25H,6-9,11H2,1-2H3,(H,24,29)(H,26,27)/t12-/m1/s1. The van der Waals surface area contributed by atoms with Gasteiger partial charge in [0.2, 0.25) is 5.95 Å². The zero-order valence-corrected chi connectivity index (χ0v) is 17.2. The van der Waals surface area contributed by atoms with Gasteiger partial charge in [-0.3, -0.25) is 14.2 Å². The van der Waals surface area contributed by atoms with Gasteiger partial charge in [-0.15, -0.1) is 0 Å². The third-order valence-corrected chi connectivity index (χ3v) is 6.70. The van der Waals surface area contributed by atoms with Crippen LogP contribution in [0.25, 0.3) is 22.2 Å². The van der Waals surface area contributed by atoms with Crippen molar-refractivity contribution in [3.63, 3.8) is 0 Å². The van der Waals surface area contributed by atoms with Crippen LogP contribution >= 0.6 is 0 Å². The van der Waals surface area contributed by atoms with E-state index >= 15 is 0 Å². The molecule has 1 aromatic carbocycles. The van der Waals surface area contributed by atoms with Gasteiger partial charge < -0.3 is 15.6 Å². The first-order valence-corrected chi connectivity index (χ1v) is 10.8. The van der Waals surface area contributed by atoms with Crippen molar-refractivity contribution in [3.8, 4) is 11.3 Å². The second-order valence-corrected chi connectivity index (χ2v) is 9.39. The fourth-order valence-electron chi connectivity index (χ4n) is 4.36. The van der Waals surface area contributed by atoms with Crippen LogP contribution < -0.4 is 16.2 Å². The summed E-state index contributed by atoms with van der Waals surface area (Å²) in [6.45, 7) is 4.85. The van der Waals surface area contributed by atoms with E-state index in [-0.39, 0.29) is 23.0 Å². The summed E-state index contributed by atoms with van der Waals surface area (Å²) < 4.78 is 1.83. The molecule has 1 amide bonds. The van der Waals surface area contributed by atoms with Crippen molar-refractivity contribution in [2.75, 3.05) is 5.32 Å². The second kappa shape index (κ2) is 5.97. The predicted octanol–water partition coefficient (Wildman–Crippen LogP) is 3.57. The van der Waals surface area contributed by atoms with Gasteiger partial charge in [0.15, 0.2) is 0 Å². The Morgan fingerprint density at radius 2 is 2.03 bits per heavy atom. The fraction of sp³-hybridized carbons (Fsp3) is 0.435. The molecule has 2 aliphatic carbocycles. The molecular weight excluding hydrogens is 378 g/mol. The van der Waals surface area contributed by atoms with E-state index in [9.17, 15) is 9.59 Å². The number of nitrogens with one attached hydrogen (secondary N) is 3. The zero-order chi connectivity index (χ0) is 20.6. The third kappa shape index (κ3) is 2.75. The minimum atomic E-state index is -0.0657. The van der Waals surface area contributed by atoms with Gasteiger partial charge in [-0.25, -0.2) is 4.98 Å². The van der Waals surface area contributed by atoms with Crippen LogP contribution in [0.2, 0.25) is 0 Å². The van der Waals surface area contributed by atoms with Crippen LogP contribution in [-0.2, 0) is 6.54 Å². The molecule has 154 valence electrons. The summed E-state index contributed by atoms with van der Waals surface area (Å²) >= 11 is 0. The molecule has 1 aliphatic heterocycles. The summed E-state index contributed by atoms with van der Waals surface area (Å²) in [4.78, 5) is 34.0. The summed E-state index contributed by atoms with van der Waals surface area (Å²) in [5.41, 5.74) is 3.93. The number of benzene rings is 1. The van der Waals surface area contributed by atoms with Crippen molar-refractivity contribution in [2.24, 2.45) is 5.92 Å². The number of fused-ring (bicyclic) bond motifs is 2. The molecule has 0 saturated heterocycles. The van der Waals surface area contributed by atoms with E-state index in [4.69, 9.17) is 4.98 Å². The lowest BCUT2D eigenvalue weighted by Crippen LogP contribution is -2.29. The van der Waals surface area contributed by atoms with Gasteiger partial charge >= 0.3 is 0 Å². The molecule has 0 unspecified atom stereocenters. The molecule has 3 N–H and O–H groups in total. The van der Waals surface area contributed by atoms with Gasteiger partial charge in [0.25, 0.3) is 11.5 Å². The molecule has 2 aromatic heterocycles. The minimum Gasteiger partial charge on any atom is -0.356 e. The molecule has 0 bridgehead atoms. The normalized spacial score (nSPS) is 21.5. The lowest BCUT2D eigenvalue weighted by atomic mass is 10.1. The Kier molecular flexibility index (Phi) is 3.53. The average molecular weight is 403 g/mol. The average Bonchev–Trinajstić information content (AvgIpc) is 3.60. The van der Waals surface area contributed by atoms with Crippen LogP contribution in [0, 0.1) is 5.92 Å². The summed E-state index contributed by atoms with van der Waals surface area (Å²) in [5, 5.41) is 7.07. The van der Waals surface area contributed by atoms with Crippen LogP contribution in [0.4, 0.5) is 5.95 Å². The molecule has 2 saturated carbocycles. The SMILES string of the molecule is C[C@H]1NC(=O)c2cc(-c3cccc4c(=O)n(CC5CC5)c(NC5(C)CC5)nc34)[nH]c21. The van der Waals surface area contributed by atoms with Gasteiger partial charge in [0.1, 0.15) is 0 Å². The molecule has 1 atom stereocenters. The molecule has 3 heterocycles. The first-order valence-electron chi connectivity index (χ1n) is 10.8. The zero-order valence-electron chi connectivity index (χ0n) is 17.2. The maximum Gasteiger partial charge on any atom is 0.262 e. The highest BCUT2D eigenvalue weighted by Gasteiger charge is 2.39. The quantitative estimate of drug-likeness (QED) is 0.607. The first-order chi connectivity index (χ1) is 14.4. The third-order valence-electron chi connectivity index (χ3n) is 6.70. The highest BCUT2D eigenvalue weighted by Crippen LogP contribution is 2.39. The molecule has 7 heteroatoms. The number of hydrogen-bond acceptors (Lipinski definition) is 4. The van der Waals surface area contributed by atoms with Crippen LogP contribution in [0.5, 0.6) is 0 Å². The lowest BCUT2D eigenvalue weighted by molar-refractivity contribution is 0.0958. The Bertz CT molecular complexity index is 1260. The number of H-pyrrole nitrogens is 1. The smallest absolute Gasteiger partial charge is 0.262 e. The Hall–Kier alpha value is -3.09. The summed E-state index contributed by atoms with van der Waals surface area (Å²) in [5.74, 6) is 1.17. The number of nitrogens with zero attached hydrogens (tertiary/aromatic N) is 2. The maximum absolute atomic E-state index is 13.5. The van der Waals surface area contributed by atoms with Crippen LogP contribution in [0.15, 0.2) is 29.1 Å². The molecule has 6 rings (SSSR count). The monoisotopic (exact) mass is 403 g/mol. The Morgan fingerprint density at radius 3 is 2.73 bits per heavy atom. The number of para-hydroxylation sites is 1. The molecule has 7 nitrogen and oxygen atoms in total. The van der Waals surface area contributed by atoms with Gasteiger partial charge in [-0.2, -0.15) is 0 Å². The summed E-state index contributed by atoms with van der Waals surface area (Å²) in [6, 6.07) is 7.54. The molecule has 3 aliphatic rings. The highest BCUT2D eigenvalue weighted by atomic mass is 16.2. The van der Waals surface area contributed by atoms with Crippen molar-refractivity contribution in [1.29, 1.82) is 0 Å². The number of aromatic nitrogens is 3. The molecule has 2 fully saturated rings. The Balaban J connectivity index is 1.54. The van der Waals surface area contributed by atoms with Crippen molar-refractivity contribution in [3.05, 3.63) is 45.9 Å². The number of amides is 1. The Labute approximate surface area is 173 Å². The van der Waals surface area contributed by atoms with Crippen LogP contribution in [0.3, 0.4) is 0 Å². The van der Waals surface area contributed by atoms with E-state index < -0.39 is 0 Å². The van der Waals surface area contributed by atoms with E-state index in [2.05, 4.69) is 22.5 Å². The summed E-state index contributed by atoms with van der Waals surface area (Å²) in [6.07, 6.45) is 4.52. The van der Waals surface area contributed by atoms with Crippen LogP contribution in [-0.4, -0.2) is 26.0 Å². The van der Waals surface area contributed by atoms with Gasteiger partial charge in [-0.05, 0) is 57.6 Å². The Morgan fingerprint density at radius 1 is 1.23 bits per heavy atom. The number of rotatable bonds is 5. The first kappa shape index (κ1) is 17.7. The number of carbonyl (C=O) groups excluding carboxylic acids is 1. The maximum atomic E-state index is 13.5. The van der Waals surface area contributed by atoms with E-state index in [0.29, 0.717) is 28.3 Å². The second-order valence-electron chi connectivity index (χ2n) is 9.39.